The van der Waals surface area contributed by atoms with Gasteiger partial charge in [0, 0.05) is 19.0 Å². The van der Waals surface area contributed by atoms with Gasteiger partial charge in [0.05, 0.1) is 19.8 Å². The minimum absolute atomic E-state index is 0.136. The number of carbonyl (C=O) groups is 1. The predicted molar refractivity (Wildman–Crippen MR) is 71.4 cm³/mol. The number of Topliss-reactive ketones (excluding diaryl/α,β-unsaturated/α-hetero) is 1. The first kappa shape index (κ1) is 18.9. The highest BCUT2D eigenvalue weighted by molar-refractivity contribution is 5.79. The highest BCUT2D eigenvalue weighted by Gasteiger charge is 1.97. The monoisotopic (exact) mass is 247 g/mol. The summed E-state index contributed by atoms with van der Waals surface area (Å²) in [6.45, 7) is 12.8. The van der Waals surface area contributed by atoms with Crippen molar-refractivity contribution in [2.45, 2.75) is 47.1 Å². The van der Waals surface area contributed by atoms with Crippen molar-refractivity contribution in [2.24, 2.45) is 0 Å². The van der Waals surface area contributed by atoms with Crippen LogP contribution < -0.4 is 5.32 Å². The Labute approximate surface area is 106 Å². The van der Waals surface area contributed by atoms with Crippen molar-refractivity contribution >= 4 is 5.78 Å². The number of ether oxygens (including phenoxy) is 2. The molecule has 0 heterocycles. The third-order valence-corrected chi connectivity index (χ3v) is 1.83. The number of ketones is 1. The summed E-state index contributed by atoms with van der Waals surface area (Å²) in [6.07, 6.45) is 0.541. The minimum Gasteiger partial charge on any atom is -0.378 e. The summed E-state index contributed by atoms with van der Waals surface area (Å²) >= 11 is 0. The largest absolute Gasteiger partial charge is 0.378 e. The zero-order valence-corrected chi connectivity index (χ0v) is 12.0. The van der Waals surface area contributed by atoms with Crippen molar-refractivity contribution in [3.05, 3.63) is 0 Å². The van der Waals surface area contributed by atoms with Crippen LogP contribution in [0.15, 0.2) is 0 Å². The summed E-state index contributed by atoms with van der Waals surface area (Å²) in [5.74, 6) is 0.136. The molecule has 0 fully saturated rings. The topological polar surface area (TPSA) is 47.6 Å². The number of hydrogen-bond acceptors (Lipinski definition) is 4. The lowest BCUT2D eigenvalue weighted by Gasteiger charge is -2.08. The second kappa shape index (κ2) is 15.6. The van der Waals surface area contributed by atoms with Crippen molar-refractivity contribution in [2.75, 3.05) is 33.0 Å². The van der Waals surface area contributed by atoms with E-state index in [0.717, 1.165) is 6.54 Å². The van der Waals surface area contributed by atoms with Crippen LogP contribution in [-0.4, -0.2) is 44.8 Å². The molecule has 0 saturated carbocycles. The summed E-state index contributed by atoms with van der Waals surface area (Å²) in [7, 11) is 0. The molecule has 0 aromatic rings. The quantitative estimate of drug-likeness (QED) is 0.600. The molecule has 0 amide bonds. The van der Waals surface area contributed by atoms with E-state index in [4.69, 9.17) is 9.47 Å². The molecule has 0 aliphatic carbocycles. The Bertz CT molecular complexity index is 161. The van der Waals surface area contributed by atoms with Gasteiger partial charge in [0.2, 0.25) is 0 Å². The first-order chi connectivity index (χ1) is 8.16. The van der Waals surface area contributed by atoms with E-state index in [1.54, 1.807) is 0 Å². The molecule has 0 radical (unpaired) electrons. The van der Waals surface area contributed by atoms with Crippen LogP contribution in [0.1, 0.15) is 41.0 Å². The number of hydrogen-bond donors (Lipinski definition) is 1. The van der Waals surface area contributed by atoms with Crippen LogP contribution in [0, 0.1) is 0 Å². The van der Waals surface area contributed by atoms with Gasteiger partial charge in [-0.05, 0) is 0 Å². The Hall–Kier alpha value is -0.450. The van der Waals surface area contributed by atoms with Crippen LogP contribution >= 0.6 is 0 Å². The van der Waals surface area contributed by atoms with Gasteiger partial charge in [0.1, 0.15) is 6.61 Å². The minimum atomic E-state index is 0.136. The van der Waals surface area contributed by atoms with Crippen LogP contribution in [0.3, 0.4) is 0 Å². The highest BCUT2D eigenvalue weighted by Crippen LogP contribution is 1.84. The molecule has 0 atom stereocenters. The van der Waals surface area contributed by atoms with E-state index < -0.39 is 0 Å². The second-order valence-electron chi connectivity index (χ2n) is 3.67. The number of nitrogens with one attached hydrogen (secondary N) is 1. The predicted octanol–water partition coefficient (Wildman–Crippen LogP) is 2.02. The summed E-state index contributed by atoms with van der Waals surface area (Å²) in [6, 6.07) is 0.493. The van der Waals surface area contributed by atoms with E-state index in [-0.39, 0.29) is 12.4 Å². The van der Waals surface area contributed by atoms with Crippen LogP contribution in [0.4, 0.5) is 0 Å². The maximum atomic E-state index is 10.8. The van der Waals surface area contributed by atoms with Gasteiger partial charge in [-0.1, -0.05) is 34.6 Å². The molecule has 0 aliphatic heterocycles. The summed E-state index contributed by atoms with van der Waals surface area (Å²) in [4.78, 5) is 10.8. The molecule has 0 aromatic carbocycles. The molecule has 17 heavy (non-hydrogen) atoms. The van der Waals surface area contributed by atoms with Crippen LogP contribution in [-0.2, 0) is 14.3 Å². The van der Waals surface area contributed by atoms with Crippen molar-refractivity contribution in [3.8, 4) is 0 Å². The van der Waals surface area contributed by atoms with Gasteiger partial charge < -0.3 is 14.8 Å². The molecule has 4 heteroatoms. The summed E-state index contributed by atoms with van der Waals surface area (Å²) in [5.41, 5.74) is 0. The van der Waals surface area contributed by atoms with Crippen molar-refractivity contribution in [3.63, 3.8) is 0 Å². The smallest absolute Gasteiger partial charge is 0.158 e. The second-order valence-corrected chi connectivity index (χ2v) is 3.67. The molecule has 0 spiro atoms. The zero-order chi connectivity index (χ0) is 13.5. The Morgan fingerprint density at radius 2 is 1.71 bits per heavy atom. The summed E-state index contributed by atoms with van der Waals surface area (Å²) < 4.78 is 10.4. The van der Waals surface area contributed by atoms with E-state index in [2.05, 4.69) is 19.2 Å². The van der Waals surface area contributed by atoms with Gasteiger partial charge in [-0.15, -0.1) is 0 Å². The molecule has 0 aliphatic rings. The molecule has 0 rings (SSSR count). The van der Waals surface area contributed by atoms with Crippen molar-refractivity contribution in [1.29, 1.82) is 0 Å². The van der Waals surface area contributed by atoms with Crippen LogP contribution in [0.2, 0.25) is 0 Å². The molecule has 1 N–H and O–H groups in total. The van der Waals surface area contributed by atoms with E-state index in [1.807, 2.05) is 20.8 Å². The first-order valence-corrected chi connectivity index (χ1v) is 6.57. The van der Waals surface area contributed by atoms with Crippen LogP contribution in [0.25, 0.3) is 0 Å². The van der Waals surface area contributed by atoms with E-state index in [0.29, 0.717) is 32.3 Å². The van der Waals surface area contributed by atoms with Crippen molar-refractivity contribution in [1.82, 2.24) is 5.32 Å². The van der Waals surface area contributed by atoms with Gasteiger partial charge in [-0.2, -0.15) is 0 Å². The fraction of sp³-hybridized carbons (Fsp3) is 0.923. The van der Waals surface area contributed by atoms with Crippen molar-refractivity contribution < 1.29 is 14.3 Å². The van der Waals surface area contributed by atoms with Crippen LogP contribution in [0.5, 0.6) is 0 Å². The third kappa shape index (κ3) is 18.1. The maximum Gasteiger partial charge on any atom is 0.158 e. The Morgan fingerprint density at radius 3 is 2.24 bits per heavy atom. The molecule has 0 bridgehead atoms. The first-order valence-electron chi connectivity index (χ1n) is 6.57. The fourth-order valence-corrected chi connectivity index (χ4v) is 0.928. The average Bonchev–Trinajstić information content (AvgIpc) is 2.34. The van der Waals surface area contributed by atoms with Gasteiger partial charge >= 0.3 is 0 Å². The van der Waals surface area contributed by atoms with Gasteiger partial charge in [0.25, 0.3) is 0 Å². The molecule has 104 valence electrons. The Kier molecular flexibility index (Phi) is 17.3. The molecule has 4 nitrogen and oxygen atoms in total. The molecule has 0 aromatic heterocycles. The normalized spacial score (nSPS) is 10.0. The maximum absolute atomic E-state index is 10.8. The lowest BCUT2D eigenvalue weighted by atomic mass is 10.3. The molecular formula is C13H29NO3. The Morgan fingerprint density at radius 1 is 1.12 bits per heavy atom. The third-order valence-electron chi connectivity index (χ3n) is 1.83. The molecule has 0 saturated heterocycles. The molecule has 0 unspecified atom stereocenters. The average molecular weight is 247 g/mol. The SMILES string of the molecule is CC.CCC(=O)COCCOCCNC(C)C. The van der Waals surface area contributed by atoms with Gasteiger partial charge in [-0.3, -0.25) is 4.79 Å². The van der Waals surface area contributed by atoms with Gasteiger partial charge in [0.15, 0.2) is 5.78 Å². The van der Waals surface area contributed by atoms with E-state index >= 15 is 0 Å². The highest BCUT2D eigenvalue weighted by atomic mass is 16.5. The number of rotatable bonds is 10. The fourth-order valence-electron chi connectivity index (χ4n) is 0.928. The Balaban J connectivity index is 0. The van der Waals surface area contributed by atoms with E-state index in [1.165, 1.54) is 0 Å². The summed E-state index contributed by atoms with van der Waals surface area (Å²) in [5, 5.41) is 3.24. The zero-order valence-electron chi connectivity index (χ0n) is 12.0. The lowest BCUT2D eigenvalue weighted by Crippen LogP contribution is -2.27. The number of carbonyl (C=O) groups excluding carboxylic acids is 1. The molecular weight excluding hydrogens is 218 g/mol. The van der Waals surface area contributed by atoms with E-state index in [9.17, 15) is 4.79 Å². The lowest BCUT2D eigenvalue weighted by molar-refractivity contribution is -0.123. The van der Waals surface area contributed by atoms with Gasteiger partial charge in [-0.25, -0.2) is 0 Å². The standard InChI is InChI=1S/C11H23NO3.C2H6/c1-4-11(13)9-15-8-7-14-6-5-12-10(2)3;1-2/h10,12H,4-9H2,1-3H3;1-2H3.